The predicted octanol–water partition coefficient (Wildman–Crippen LogP) is 4.78. The fraction of sp³-hybridized carbons (Fsp3) is 0.125. The van der Waals surface area contributed by atoms with Gasteiger partial charge in [0.05, 0.1) is 11.9 Å². The normalized spacial score (nSPS) is 10.7. The molecule has 0 unspecified atom stereocenters. The summed E-state index contributed by atoms with van der Waals surface area (Å²) in [5.74, 6) is -0.262. The van der Waals surface area contributed by atoms with Gasteiger partial charge in [0.2, 0.25) is 5.91 Å². The third-order valence-corrected chi connectivity index (χ3v) is 4.88. The number of aromatic amines is 1. The summed E-state index contributed by atoms with van der Waals surface area (Å²) in [5.41, 5.74) is 4.16. The van der Waals surface area contributed by atoms with Gasteiger partial charge in [-0.05, 0) is 60.9 Å². The number of hydrogen-bond acceptors (Lipinski definition) is 3. The topological polar surface area (TPSA) is 86.9 Å². The SMILES string of the molecule is O=C(CCCc1c[nH]c2ccccc12)Nc1ccc(C(=O)Nc2cccnc2)cc1. The Labute approximate surface area is 174 Å². The lowest BCUT2D eigenvalue weighted by molar-refractivity contribution is -0.116. The highest BCUT2D eigenvalue weighted by Crippen LogP contribution is 2.20. The van der Waals surface area contributed by atoms with Crippen LogP contribution in [0.1, 0.15) is 28.8 Å². The maximum Gasteiger partial charge on any atom is 0.255 e. The molecule has 6 heteroatoms. The molecule has 4 aromatic rings. The van der Waals surface area contributed by atoms with E-state index in [4.69, 9.17) is 0 Å². The molecule has 2 aromatic carbocycles. The third kappa shape index (κ3) is 4.72. The van der Waals surface area contributed by atoms with Gasteiger partial charge in [-0.3, -0.25) is 14.6 Å². The van der Waals surface area contributed by atoms with Gasteiger partial charge in [-0.15, -0.1) is 0 Å². The first-order valence-electron chi connectivity index (χ1n) is 9.85. The number of carbonyl (C=O) groups is 2. The quantitative estimate of drug-likeness (QED) is 0.419. The van der Waals surface area contributed by atoms with Crippen LogP contribution in [0.4, 0.5) is 11.4 Å². The number of para-hydroxylation sites is 1. The highest BCUT2D eigenvalue weighted by atomic mass is 16.2. The van der Waals surface area contributed by atoms with E-state index >= 15 is 0 Å². The number of benzene rings is 2. The molecule has 0 saturated carbocycles. The molecule has 4 rings (SSSR count). The number of anilines is 2. The molecule has 2 heterocycles. The maximum atomic E-state index is 12.3. The molecule has 150 valence electrons. The molecular weight excluding hydrogens is 376 g/mol. The summed E-state index contributed by atoms with van der Waals surface area (Å²) >= 11 is 0. The Morgan fingerprint density at radius 1 is 0.900 bits per heavy atom. The Morgan fingerprint density at radius 3 is 2.53 bits per heavy atom. The minimum atomic E-state index is -0.223. The van der Waals surface area contributed by atoms with Crippen molar-refractivity contribution >= 4 is 34.1 Å². The van der Waals surface area contributed by atoms with Gasteiger partial charge in [-0.1, -0.05) is 18.2 Å². The van der Waals surface area contributed by atoms with Gasteiger partial charge in [-0.2, -0.15) is 0 Å². The molecule has 30 heavy (non-hydrogen) atoms. The lowest BCUT2D eigenvalue weighted by Crippen LogP contribution is -2.13. The molecule has 0 spiro atoms. The number of H-pyrrole nitrogens is 1. The Kier molecular flexibility index (Phi) is 5.85. The zero-order valence-electron chi connectivity index (χ0n) is 16.4. The Morgan fingerprint density at radius 2 is 1.73 bits per heavy atom. The number of aromatic nitrogens is 2. The fourth-order valence-electron chi connectivity index (χ4n) is 3.35. The van der Waals surface area contributed by atoms with Crippen molar-refractivity contribution in [3.05, 3.63) is 90.4 Å². The third-order valence-electron chi connectivity index (χ3n) is 4.88. The van der Waals surface area contributed by atoms with Crippen molar-refractivity contribution in [2.45, 2.75) is 19.3 Å². The van der Waals surface area contributed by atoms with Gasteiger partial charge in [-0.25, -0.2) is 0 Å². The van der Waals surface area contributed by atoms with Gasteiger partial charge in [0.15, 0.2) is 0 Å². The Hall–Kier alpha value is -3.93. The highest BCUT2D eigenvalue weighted by molar-refractivity contribution is 6.04. The molecule has 0 bridgehead atoms. The Balaban J connectivity index is 1.26. The van der Waals surface area contributed by atoms with E-state index in [2.05, 4.69) is 26.7 Å². The first-order chi connectivity index (χ1) is 14.7. The van der Waals surface area contributed by atoms with Crippen molar-refractivity contribution in [2.75, 3.05) is 10.6 Å². The van der Waals surface area contributed by atoms with Crippen LogP contribution in [-0.4, -0.2) is 21.8 Å². The molecule has 3 N–H and O–H groups in total. The number of nitrogens with one attached hydrogen (secondary N) is 3. The van der Waals surface area contributed by atoms with Gasteiger partial charge in [0.25, 0.3) is 5.91 Å². The molecule has 0 atom stereocenters. The van der Waals surface area contributed by atoms with Crippen molar-refractivity contribution < 1.29 is 9.59 Å². The smallest absolute Gasteiger partial charge is 0.255 e. The lowest BCUT2D eigenvalue weighted by atomic mass is 10.1. The monoisotopic (exact) mass is 398 g/mol. The average molecular weight is 398 g/mol. The van der Waals surface area contributed by atoms with E-state index in [0.29, 0.717) is 23.4 Å². The molecule has 0 radical (unpaired) electrons. The predicted molar refractivity (Wildman–Crippen MR) is 118 cm³/mol. The van der Waals surface area contributed by atoms with E-state index in [9.17, 15) is 9.59 Å². The zero-order chi connectivity index (χ0) is 20.8. The molecule has 0 saturated heterocycles. The van der Waals surface area contributed by atoms with E-state index in [1.807, 2.05) is 24.4 Å². The molecule has 0 aliphatic heterocycles. The fourth-order valence-corrected chi connectivity index (χ4v) is 3.35. The second-order valence-corrected chi connectivity index (χ2v) is 7.03. The van der Waals surface area contributed by atoms with Gasteiger partial charge in [0, 0.05) is 41.0 Å². The van der Waals surface area contributed by atoms with Crippen LogP contribution in [0.5, 0.6) is 0 Å². The minimum absolute atomic E-state index is 0.0394. The van der Waals surface area contributed by atoms with E-state index < -0.39 is 0 Å². The average Bonchev–Trinajstić information content (AvgIpc) is 3.18. The first kappa shape index (κ1) is 19.4. The number of fused-ring (bicyclic) bond motifs is 1. The van der Waals surface area contributed by atoms with Crippen molar-refractivity contribution in [3.63, 3.8) is 0 Å². The number of carbonyl (C=O) groups excluding carboxylic acids is 2. The lowest BCUT2D eigenvalue weighted by Gasteiger charge is -2.07. The van der Waals surface area contributed by atoms with Crippen LogP contribution < -0.4 is 10.6 Å². The zero-order valence-corrected chi connectivity index (χ0v) is 16.4. The van der Waals surface area contributed by atoms with E-state index in [0.717, 1.165) is 18.4 Å². The van der Waals surface area contributed by atoms with E-state index in [-0.39, 0.29) is 11.8 Å². The van der Waals surface area contributed by atoms with Gasteiger partial charge >= 0.3 is 0 Å². The number of nitrogens with zero attached hydrogens (tertiary/aromatic N) is 1. The van der Waals surface area contributed by atoms with Crippen LogP contribution in [-0.2, 0) is 11.2 Å². The van der Waals surface area contributed by atoms with Crippen molar-refractivity contribution in [3.8, 4) is 0 Å². The number of amides is 2. The number of rotatable bonds is 7. The Bertz CT molecular complexity index is 1150. The second-order valence-electron chi connectivity index (χ2n) is 7.03. The van der Waals surface area contributed by atoms with Crippen molar-refractivity contribution in [1.82, 2.24) is 9.97 Å². The minimum Gasteiger partial charge on any atom is -0.361 e. The van der Waals surface area contributed by atoms with Crippen LogP contribution in [0.3, 0.4) is 0 Å². The van der Waals surface area contributed by atoms with Gasteiger partial charge < -0.3 is 15.6 Å². The second kappa shape index (κ2) is 9.05. The standard InChI is InChI=1S/C24H22N4O2/c29-23(9-3-5-18-15-26-22-8-2-1-7-21(18)22)27-19-12-10-17(11-13-19)24(30)28-20-6-4-14-25-16-20/h1-2,4,6-8,10-16,26H,3,5,9H2,(H,27,29)(H,28,30). The first-order valence-corrected chi connectivity index (χ1v) is 9.85. The van der Waals surface area contributed by atoms with Gasteiger partial charge in [0.1, 0.15) is 0 Å². The molecular formula is C24H22N4O2. The summed E-state index contributed by atoms with van der Waals surface area (Å²) in [6, 6.07) is 18.5. The molecule has 0 fully saturated rings. The largest absolute Gasteiger partial charge is 0.361 e. The summed E-state index contributed by atoms with van der Waals surface area (Å²) in [5, 5.41) is 6.87. The van der Waals surface area contributed by atoms with Crippen LogP contribution in [0.25, 0.3) is 10.9 Å². The molecule has 0 aliphatic rings. The summed E-state index contributed by atoms with van der Waals surface area (Å²) in [4.78, 5) is 31.8. The maximum absolute atomic E-state index is 12.3. The van der Waals surface area contributed by atoms with E-state index in [1.165, 1.54) is 10.9 Å². The van der Waals surface area contributed by atoms with Crippen molar-refractivity contribution in [2.24, 2.45) is 0 Å². The number of pyridine rings is 1. The number of hydrogen-bond donors (Lipinski definition) is 3. The summed E-state index contributed by atoms with van der Waals surface area (Å²) < 4.78 is 0. The van der Waals surface area contributed by atoms with Crippen LogP contribution in [0.15, 0.2) is 79.3 Å². The molecule has 2 amide bonds. The van der Waals surface area contributed by atoms with Crippen LogP contribution in [0.2, 0.25) is 0 Å². The summed E-state index contributed by atoms with van der Waals surface area (Å²) in [7, 11) is 0. The van der Waals surface area contributed by atoms with Crippen LogP contribution in [0, 0.1) is 0 Å². The summed E-state index contributed by atoms with van der Waals surface area (Å²) in [6.07, 6.45) is 7.28. The molecule has 6 nitrogen and oxygen atoms in total. The molecule has 2 aromatic heterocycles. The van der Waals surface area contributed by atoms with Crippen molar-refractivity contribution in [1.29, 1.82) is 0 Å². The summed E-state index contributed by atoms with van der Waals surface area (Å²) in [6.45, 7) is 0. The highest BCUT2D eigenvalue weighted by Gasteiger charge is 2.08. The number of aryl methyl sites for hydroxylation is 1. The molecule has 0 aliphatic carbocycles. The van der Waals surface area contributed by atoms with E-state index in [1.54, 1.807) is 48.8 Å². The van der Waals surface area contributed by atoms with Crippen LogP contribution >= 0.6 is 0 Å².